The molecule has 68 valence electrons. The molecule has 1 rings (SSSR count). The van der Waals surface area contributed by atoms with Crippen LogP contribution in [0.25, 0.3) is 0 Å². The summed E-state index contributed by atoms with van der Waals surface area (Å²) in [6, 6.07) is -0.435. The number of rotatable bonds is 2. The SMILES string of the molecule is COC(=O)[C@@H]1CSC(C(Cl)Cl)=N1. The molecule has 0 aliphatic carbocycles. The van der Waals surface area contributed by atoms with Crippen LogP contribution in [0.3, 0.4) is 0 Å². The van der Waals surface area contributed by atoms with E-state index in [2.05, 4.69) is 9.73 Å². The molecule has 0 radical (unpaired) electrons. The van der Waals surface area contributed by atoms with Crippen LogP contribution in [0, 0.1) is 0 Å². The molecule has 12 heavy (non-hydrogen) atoms. The maximum atomic E-state index is 11.0. The van der Waals surface area contributed by atoms with Crippen molar-refractivity contribution in [1.82, 2.24) is 0 Å². The Balaban J connectivity index is 2.58. The predicted octanol–water partition coefficient (Wildman–Crippen LogP) is 1.48. The highest BCUT2D eigenvalue weighted by molar-refractivity contribution is 8.14. The molecule has 0 fully saturated rings. The Morgan fingerprint density at radius 3 is 2.92 bits per heavy atom. The van der Waals surface area contributed by atoms with Crippen LogP contribution in [0.2, 0.25) is 0 Å². The summed E-state index contributed by atoms with van der Waals surface area (Å²) in [7, 11) is 1.33. The highest BCUT2D eigenvalue weighted by atomic mass is 35.5. The van der Waals surface area contributed by atoms with Crippen molar-refractivity contribution < 1.29 is 9.53 Å². The molecule has 1 aliphatic rings. The highest BCUT2D eigenvalue weighted by Gasteiger charge is 2.27. The summed E-state index contributed by atoms with van der Waals surface area (Å²) in [6.07, 6.45) is 0. The van der Waals surface area contributed by atoms with Gasteiger partial charge in [-0.2, -0.15) is 0 Å². The first-order chi connectivity index (χ1) is 5.65. The van der Waals surface area contributed by atoms with Gasteiger partial charge in [0.15, 0.2) is 10.9 Å². The van der Waals surface area contributed by atoms with Gasteiger partial charge in [-0.05, 0) is 0 Å². The molecule has 0 saturated heterocycles. The third-order valence-electron chi connectivity index (χ3n) is 1.33. The summed E-state index contributed by atoms with van der Waals surface area (Å²) in [6.45, 7) is 0. The van der Waals surface area contributed by atoms with Crippen LogP contribution >= 0.6 is 35.0 Å². The number of aliphatic imine (C=N–C) groups is 1. The van der Waals surface area contributed by atoms with E-state index < -0.39 is 10.9 Å². The third kappa shape index (κ3) is 2.28. The standard InChI is InChI=1S/C6H7Cl2NO2S/c1-11-6(10)3-2-12-5(9-3)4(7)8/h3-4H,2H2,1H3/t3-/m0/s1. The minimum absolute atomic E-state index is 0.341. The molecule has 1 aliphatic heterocycles. The summed E-state index contributed by atoms with van der Waals surface area (Å²) in [4.78, 5) is 14.3. The van der Waals surface area contributed by atoms with Crippen LogP contribution in [0.4, 0.5) is 0 Å². The zero-order chi connectivity index (χ0) is 9.14. The van der Waals surface area contributed by atoms with Gasteiger partial charge in [-0.1, -0.05) is 23.2 Å². The Kier molecular flexibility index (Phi) is 3.68. The lowest BCUT2D eigenvalue weighted by Gasteiger charge is -2.00. The van der Waals surface area contributed by atoms with Crippen molar-refractivity contribution in [1.29, 1.82) is 0 Å². The van der Waals surface area contributed by atoms with Gasteiger partial charge < -0.3 is 4.74 Å². The van der Waals surface area contributed by atoms with Gasteiger partial charge in [-0.25, -0.2) is 4.79 Å². The van der Waals surface area contributed by atoms with Crippen LogP contribution in [0.1, 0.15) is 0 Å². The molecule has 1 atom stereocenters. The minimum atomic E-state index is -0.635. The molecular formula is C6H7Cl2NO2S. The topological polar surface area (TPSA) is 38.7 Å². The Morgan fingerprint density at radius 1 is 1.83 bits per heavy atom. The number of ether oxygens (including phenoxy) is 1. The Labute approximate surface area is 84.5 Å². The number of nitrogens with zero attached hydrogens (tertiary/aromatic N) is 1. The lowest BCUT2D eigenvalue weighted by atomic mass is 10.4. The Morgan fingerprint density at radius 2 is 2.50 bits per heavy atom. The van der Waals surface area contributed by atoms with E-state index in [1.807, 2.05) is 0 Å². The van der Waals surface area contributed by atoms with Crippen LogP contribution < -0.4 is 0 Å². The van der Waals surface area contributed by atoms with E-state index in [1.165, 1.54) is 18.9 Å². The number of hydrogen-bond acceptors (Lipinski definition) is 4. The fourth-order valence-electron chi connectivity index (χ4n) is 0.769. The minimum Gasteiger partial charge on any atom is -0.467 e. The van der Waals surface area contributed by atoms with Crippen LogP contribution in [0.15, 0.2) is 4.99 Å². The summed E-state index contributed by atoms with van der Waals surface area (Å²) < 4.78 is 4.52. The first-order valence-corrected chi connectivity index (χ1v) is 5.07. The summed E-state index contributed by atoms with van der Waals surface area (Å²) in [5.41, 5.74) is 0. The number of esters is 1. The molecule has 3 nitrogen and oxygen atoms in total. The second kappa shape index (κ2) is 4.35. The zero-order valence-corrected chi connectivity index (χ0v) is 8.62. The Hall–Kier alpha value is 0.0700. The monoisotopic (exact) mass is 227 g/mol. The number of carbonyl (C=O) groups excluding carboxylic acids is 1. The number of halogens is 2. The Bertz CT molecular complexity index is 220. The van der Waals surface area contributed by atoms with E-state index in [1.54, 1.807) is 0 Å². The molecule has 0 unspecified atom stereocenters. The predicted molar refractivity (Wildman–Crippen MR) is 51.2 cm³/mol. The molecule has 0 saturated carbocycles. The van der Waals surface area contributed by atoms with E-state index in [0.717, 1.165) is 0 Å². The molecule has 0 N–H and O–H groups in total. The van der Waals surface area contributed by atoms with E-state index in [-0.39, 0.29) is 5.97 Å². The zero-order valence-electron chi connectivity index (χ0n) is 6.29. The lowest BCUT2D eigenvalue weighted by molar-refractivity contribution is -0.141. The molecule has 0 aromatic carbocycles. The van der Waals surface area contributed by atoms with E-state index in [9.17, 15) is 4.79 Å². The van der Waals surface area contributed by atoms with Crippen molar-refractivity contribution in [2.45, 2.75) is 10.9 Å². The molecule has 0 aromatic heterocycles. The van der Waals surface area contributed by atoms with Crippen molar-refractivity contribution in [3.05, 3.63) is 0 Å². The average Bonchev–Trinajstić information content (AvgIpc) is 2.51. The van der Waals surface area contributed by atoms with Crippen molar-refractivity contribution in [3.8, 4) is 0 Å². The summed E-state index contributed by atoms with van der Waals surface area (Å²) >= 11 is 12.5. The van der Waals surface area contributed by atoms with Crippen molar-refractivity contribution in [3.63, 3.8) is 0 Å². The van der Waals surface area contributed by atoms with E-state index >= 15 is 0 Å². The second-order valence-corrected chi connectivity index (χ2v) is 4.25. The van der Waals surface area contributed by atoms with E-state index in [4.69, 9.17) is 23.2 Å². The third-order valence-corrected chi connectivity index (χ3v) is 3.12. The largest absolute Gasteiger partial charge is 0.467 e. The number of carbonyl (C=O) groups is 1. The molecular weight excluding hydrogens is 221 g/mol. The molecule has 6 heteroatoms. The average molecular weight is 228 g/mol. The number of thioether (sulfide) groups is 1. The van der Waals surface area contributed by atoms with Gasteiger partial charge in [0, 0.05) is 5.75 Å². The van der Waals surface area contributed by atoms with E-state index in [0.29, 0.717) is 10.8 Å². The second-order valence-electron chi connectivity index (χ2n) is 2.12. The summed E-state index contributed by atoms with van der Waals surface area (Å²) in [5, 5.41) is 0.591. The lowest BCUT2D eigenvalue weighted by Crippen LogP contribution is -2.19. The van der Waals surface area contributed by atoms with Crippen molar-refractivity contribution >= 4 is 46.0 Å². The van der Waals surface area contributed by atoms with Crippen LogP contribution in [0.5, 0.6) is 0 Å². The van der Waals surface area contributed by atoms with Crippen molar-refractivity contribution in [2.75, 3.05) is 12.9 Å². The van der Waals surface area contributed by atoms with Crippen LogP contribution in [-0.4, -0.2) is 34.8 Å². The molecule has 0 amide bonds. The highest BCUT2D eigenvalue weighted by Crippen LogP contribution is 2.25. The smallest absolute Gasteiger partial charge is 0.331 e. The van der Waals surface area contributed by atoms with Gasteiger partial charge in [0.1, 0.15) is 5.04 Å². The summed E-state index contributed by atoms with van der Waals surface area (Å²) in [5.74, 6) is 0.226. The molecule has 0 aromatic rings. The number of hydrogen-bond donors (Lipinski definition) is 0. The van der Waals surface area contributed by atoms with Gasteiger partial charge in [0.05, 0.1) is 7.11 Å². The fraction of sp³-hybridized carbons (Fsp3) is 0.667. The van der Waals surface area contributed by atoms with Crippen LogP contribution in [-0.2, 0) is 9.53 Å². The first-order valence-electron chi connectivity index (χ1n) is 3.21. The van der Waals surface area contributed by atoms with Crippen molar-refractivity contribution in [2.24, 2.45) is 4.99 Å². The van der Waals surface area contributed by atoms with Gasteiger partial charge in [-0.15, -0.1) is 11.8 Å². The number of methoxy groups -OCH3 is 1. The fourth-order valence-corrected chi connectivity index (χ4v) is 2.13. The number of alkyl halides is 2. The van der Waals surface area contributed by atoms with Gasteiger partial charge in [-0.3, -0.25) is 4.99 Å². The first kappa shape index (κ1) is 10.2. The molecule has 1 heterocycles. The van der Waals surface area contributed by atoms with Gasteiger partial charge in [0.25, 0.3) is 0 Å². The van der Waals surface area contributed by atoms with Gasteiger partial charge >= 0.3 is 5.97 Å². The maximum absolute atomic E-state index is 11.0. The van der Waals surface area contributed by atoms with Gasteiger partial charge in [0.2, 0.25) is 0 Å². The normalized spacial score (nSPS) is 22.7. The molecule has 0 bridgehead atoms. The maximum Gasteiger partial charge on any atom is 0.331 e. The quantitative estimate of drug-likeness (QED) is 0.530. The molecule has 0 spiro atoms.